The molecule has 4 nitrogen and oxygen atoms in total. The Labute approximate surface area is 113 Å². The van der Waals surface area contributed by atoms with Gasteiger partial charge in [-0.3, -0.25) is 0 Å². The first-order chi connectivity index (χ1) is 9.15. The van der Waals surface area contributed by atoms with Crippen LogP contribution in [0.1, 0.15) is 19.3 Å². The first kappa shape index (κ1) is 13.8. The lowest BCUT2D eigenvalue weighted by molar-refractivity contribution is 0.212. The van der Waals surface area contributed by atoms with Crippen molar-refractivity contribution in [1.29, 1.82) is 0 Å². The average molecular weight is 265 g/mol. The van der Waals surface area contributed by atoms with Gasteiger partial charge in [-0.1, -0.05) is 12.5 Å². The molecule has 1 aliphatic rings. The molecule has 2 N–H and O–H groups in total. The average Bonchev–Trinajstić information content (AvgIpc) is 2.40. The van der Waals surface area contributed by atoms with Crippen molar-refractivity contribution < 1.29 is 9.18 Å². The van der Waals surface area contributed by atoms with E-state index in [0.717, 1.165) is 13.0 Å². The summed E-state index contributed by atoms with van der Waals surface area (Å²) in [4.78, 5) is 13.6. The van der Waals surface area contributed by atoms with Crippen molar-refractivity contribution in [3.63, 3.8) is 0 Å². The Balaban J connectivity index is 1.84. The molecule has 0 bridgehead atoms. The minimum absolute atomic E-state index is 0.210. The smallest absolute Gasteiger partial charge is 0.321 e. The zero-order chi connectivity index (χ0) is 13.7. The summed E-state index contributed by atoms with van der Waals surface area (Å²) in [7, 11) is 1.75. The van der Waals surface area contributed by atoms with E-state index in [-0.39, 0.29) is 11.8 Å². The van der Waals surface area contributed by atoms with E-state index in [1.54, 1.807) is 24.1 Å². The number of halogens is 1. The Bertz CT molecular complexity index is 432. The largest absolute Gasteiger partial charge is 0.326 e. The molecule has 2 amide bonds. The van der Waals surface area contributed by atoms with Gasteiger partial charge in [0.1, 0.15) is 5.82 Å². The fourth-order valence-electron chi connectivity index (χ4n) is 2.28. The van der Waals surface area contributed by atoms with Crippen LogP contribution < -0.4 is 10.6 Å². The van der Waals surface area contributed by atoms with Crippen LogP contribution in [-0.2, 0) is 0 Å². The van der Waals surface area contributed by atoms with Gasteiger partial charge in [-0.05, 0) is 37.6 Å². The summed E-state index contributed by atoms with van der Waals surface area (Å²) in [6.45, 7) is 1.69. The molecule has 2 rings (SSSR count). The Kier molecular flexibility index (Phi) is 4.74. The van der Waals surface area contributed by atoms with Crippen LogP contribution >= 0.6 is 0 Å². The van der Waals surface area contributed by atoms with Crippen LogP contribution in [0.4, 0.5) is 14.9 Å². The molecule has 0 aliphatic carbocycles. The fourth-order valence-corrected chi connectivity index (χ4v) is 2.28. The number of anilines is 1. The van der Waals surface area contributed by atoms with Gasteiger partial charge in [-0.2, -0.15) is 0 Å². The van der Waals surface area contributed by atoms with Crippen LogP contribution in [-0.4, -0.2) is 37.1 Å². The molecular formula is C14H20FN3O. The van der Waals surface area contributed by atoms with Gasteiger partial charge >= 0.3 is 6.03 Å². The van der Waals surface area contributed by atoms with Crippen LogP contribution in [0.15, 0.2) is 24.3 Å². The number of hydrogen-bond donors (Lipinski definition) is 2. The molecule has 1 aromatic carbocycles. The summed E-state index contributed by atoms with van der Waals surface area (Å²) in [5.41, 5.74) is 0.480. The number of amides is 2. The van der Waals surface area contributed by atoms with E-state index in [9.17, 15) is 9.18 Å². The highest BCUT2D eigenvalue weighted by molar-refractivity contribution is 5.89. The van der Waals surface area contributed by atoms with E-state index in [2.05, 4.69) is 10.6 Å². The molecule has 104 valence electrons. The number of hydrogen-bond acceptors (Lipinski definition) is 2. The number of nitrogens with one attached hydrogen (secondary N) is 2. The number of piperidine rings is 1. The third-order valence-electron chi connectivity index (χ3n) is 3.33. The van der Waals surface area contributed by atoms with E-state index >= 15 is 0 Å². The van der Waals surface area contributed by atoms with Crippen molar-refractivity contribution in [3.05, 3.63) is 30.1 Å². The third-order valence-corrected chi connectivity index (χ3v) is 3.33. The molecule has 1 aromatic rings. The predicted octanol–water partition coefficient (Wildman–Crippen LogP) is 2.43. The monoisotopic (exact) mass is 265 g/mol. The first-order valence-corrected chi connectivity index (χ1v) is 6.66. The number of nitrogens with zero attached hydrogens (tertiary/aromatic N) is 1. The number of carbonyl (C=O) groups excluding carboxylic acids is 1. The van der Waals surface area contributed by atoms with Crippen LogP contribution in [0.25, 0.3) is 0 Å². The maximum absolute atomic E-state index is 13.0. The molecule has 1 aliphatic heterocycles. The second-order valence-electron chi connectivity index (χ2n) is 4.97. The summed E-state index contributed by atoms with van der Waals surface area (Å²) in [6, 6.07) is 6.06. The van der Waals surface area contributed by atoms with Gasteiger partial charge < -0.3 is 15.5 Å². The van der Waals surface area contributed by atoms with Crippen molar-refractivity contribution in [2.75, 3.05) is 25.5 Å². The lowest BCUT2D eigenvalue weighted by Crippen LogP contribution is -2.45. The van der Waals surface area contributed by atoms with Crippen LogP contribution in [0.5, 0.6) is 0 Å². The number of likely N-dealkylation sites (N-methyl/N-ethyl adjacent to an activating group) is 1. The molecule has 5 heteroatoms. The van der Waals surface area contributed by atoms with Gasteiger partial charge in [0, 0.05) is 25.3 Å². The summed E-state index contributed by atoms with van der Waals surface area (Å²) in [6.07, 6.45) is 3.50. The van der Waals surface area contributed by atoms with Gasteiger partial charge in [0.15, 0.2) is 0 Å². The minimum Gasteiger partial charge on any atom is -0.326 e. The van der Waals surface area contributed by atoms with E-state index in [1.165, 1.54) is 25.0 Å². The van der Waals surface area contributed by atoms with E-state index in [0.29, 0.717) is 18.3 Å². The molecule has 1 fully saturated rings. The van der Waals surface area contributed by atoms with Gasteiger partial charge in [-0.25, -0.2) is 9.18 Å². The van der Waals surface area contributed by atoms with Gasteiger partial charge in [0.2, 0.25) is 0 Å². The van der Waals surface area contributed by atoms with Crippen molar-refractivity contribution >= 4 is 11.7 Å². The number of benzene rings is 1. The molecule has 0 saturated carbocycles. The fraction of sp³-hybridized carbons (Fsp3) is 0.500. The quantitative estimate of drug-likeness (QED) is 0.881. The molecule has 0 radical (unpaired) electrons. The molecule has 0 spiro atoms. The lowest BCUT2D eigenvalue weighted by Gasteiger charge is -2.28. The number of rotatable bonds is 3. The van der Waals surface area contributed by atoms with Gasteiger partial charge in [-0.15, -0.1) is 0 Å². The van der Waals surface area contributed by atoms with Crippen molar-refractivity contribution in [3.8, 4) is 0 Å². The highest BCUT2D eigenvalue weighted by atomic mass is 19.1. The zero-order valence-corrected chi connectivity index (χ0v) is 11.2. The predicted molar refractivity (Wildman–Crippen MR) is 73.7 cm³/mol. The Morgan fingerprint density at radius 2 is 2.37 bits per heavy atom. The highest BCUT2D eigenvalue weighted by Gasteiger charge is 2.17. The molecule has 1 atom stereocenters. The van der Waals surface area contributed by atoms with Crippen LogP contribution in [0, 0.1) is 5.82 Å². The normalized spacial score (nSPS) is 18.9. The third kappa shape index (κ3) is 4.21. The van der Waals surface area contributed by atoms with E-state index < -0.39 is 0 Å². The molecular weight excluding hydrogens is 245 g/mol. The topological polar surface area (TPSA) is 44.4 Å². The van der Waals surface area contributed by atoms with Crippen molar-refractivity contribution in [1.82, 2.24) is 10.2 Å². The van der Waals surface area contributed by atoms with Crippen molar-refractivity contribution in [2.45, 2.75) is 25.3 Å². The Morgan fingerprint density at radius 3 is 3.05 bits per heavy atom. The standard InChI is InChI=1S/C14H20FN3O/c1-18(10-13-6-2-3-8-16-13)14(19)17-12-7-4-5-11(15)9-12/h4-5,7,9,13,16H,2-3,6,8,10H2,1H3,(H,17,19). The maximum atomic E-state index is 13.0. The summed E-state index contributed by atoms with van der Waals surface area (Å²) in [5.74, 6) is -0.352. The van der Waals surface area contributed by atoms with Gasteiger partial charge in [0.05, 0.1) is 0 Å². The molecule has 1 unspecified atom stereocenters. The Hall–Kier alpha value is -1.62. The second-order valence-corrected chi connectivity index (χ2v) is 4.97. The molecule has 1 heterocycles. The maximum Gasteiger partial charge on any atom is 0.321 e. The van der Waals surface area contributed by atoms with Crippen LogP contribution in [0.2, 0.25) is 0 Å². The van der Waals surface area contributed by atoms with E-state index in [4.69, 9.17) is 0 Å². The Morgan fingerprint density at radius 1 is 1.53 bits per heavy atom. The highest BCUT2D eigenvalue weighted by Crippen LogP contribution is 2.11. The lowest BCUT2D eigenvalue weighted by atomic mass is 10.0. The second kappa shape index (κ2) is 6.52. The van der Waals surface area contributed by atoms with Crippen LogP contribution in [0.3, 0.4) is 0 Å². The van der Waals surface area contributed by atoms with E-state index in [1.807, 2.05) is 0 Å². The minimum atomic E-state index is -0.352. The number of urea groups is 1. The summed E-state index contributed by atoms with van der Waals surface area (Å²) < 4.78 is 13.0. The first-order valence-electron chi connectivity index (χ1n) is 6.66. The number of carbonyl (C=O) groups is 1. The SMILES string of the molecule is CN(CC1CCCCN1)C(=O)Nc1cccc(F)c1. The van der Waals surface area contributed by atoms with Gasteiger partial charge in [0.25, 0.3) is 0 Å². The molecule has 0 aromatic heterocycles. The van der Waals surface area contributed by atoms with Crippen molar-refractivity contribution in [2.24, 2.45) is 0 Å². The molecule has 1 saturated heterocycles. The zero-order valence-electron chi connectivity index (χ0n) is 11.2. The summed E-state index contributed by atoms with van der Waals surface area (Å²) >= 11 is 0. The molecule has 19 heavy (non-hydrogen) atoms. The summed E-state index contributed by atoms with van der Waals surface area (Å²) in [5, 5.41) is 6.09.